The van der Waals surface area contributed by atoms with Crippen LogP contribution in [0.2, 0.25) is 0 Å². The molecular weight excluding hydrogens is 389 g/mol. The number of benzene rings is 2. The van der Waals surface area contributed by atoms with Gasteiger partial charge in [-0.2, -0.15) is 13.2 Å². The van der Waals surface area contributed by atoms with Gasteiger partial charge >= 0.3 is 11.9 Å². The van der Waals surface area contributed by atoms with Crippen LogP contribution < -0.4 is 10.2 Å². The van der Waals surface area contributed by atoms with Crippen molar-refractivity contribution in [2.45, 2.75) is 6.18 Å². The van der Waals surface area contributed by atoms with Crippen LogP contribution in [-0.4, -0.2) is 49.0 Å². The van der Waals surface area contributed by atoms with Crippen molar-refractivity contribution >= 4 is 23.0 Å². The molecule has 0 unspecified atom stereocenters. The van der Waals surface area contributed by atoms with Crippen LogP contribution >= 0.6 is 0 Å². The van der Waals surface area contributed by atoms with Crippen molar-refractivity contribution in [3.63, 3.8) is 0 Å². The maximum Gasteiger partial charge on any atom is 0.416 e. The van der Waals surface area contributed by atoms with Gasteiger partial charge in [-0.3, -0.25) is 14.9 Å². The molecule has 1 saturated heterocycles. The molecule has 0 atom stereocenters. The lowest BCUT2D eigenvalue weighted by Crippen LogP contribution is -2.44. The third kappa shape index (κ3) is 4.65. The average Bonchev–Trinajstić information content (AvgIpc) is 2.67. The minimum Gasteiger partial charge on any atom is -0.363 e. The van der Waals surface area contributed by atoms with E-state index in [-0.39, 0.29) is 16.9 Å². The van der Waals surface area contributed by atoms with Gasteiger partial charge in [-0.25, -0.2) is 0 Å². The van der Waals surface area contributed by atoms with Gasteiger partial charge in [-0.15, -0.1) is 0 Å². The van der Waals surface area contributed by atoms with Crippen LogP contribution in [0.25, 0.3) is 0 Å². The number of halogens is 3. The third-order valence-corrected chi connectivity index (χ3v) is 4.76. The molecule has 3 rings (SSSR count). The first kappa shape index (κ1) is 20.6. The number of alkyl halides is 3. The maximum atomic E-state index is 12.7. The number of para-hydroxylation sites is 1. The normalized spacial score (nSPS) is 15.2. The molecule has 1 aliphatic rings. The molecule has 1 N–H and O–H groups in total. The standard InChI is InChI=1S/C19H19F3N4O3/c1-24-9-11-25(12-10-24)16-4-2-3-15(17(16)26(28)29)18(27)23-14-7-5-13(6-8-14)19(20,21)22/h2-8H,9-12H2,1H3,(H,23,27). The highest BCUT2D eigenvalue weighted by Crippen LogP contribution is 2.33. The molecule has 0 saturated carbocycles. The number of carbonyl (C=O) groups is 1. The minimum absolute atomic E-state index is 0.113. The highest BCUT2D eigenvalue weighted by atomic mass is 19.4. The predicted octanol–water partition coefficient (Wildman–Crippen LogP) is 3.62. The van der Waals surface area contributed by atoms with Gasteiger partial charge in [0.25, 0.3) is 5.91 Å². The molecular formula is C19H19F3N4O3. The number of piperazine rings is 1. The number of nitro benzene ring substituents is 1. The number of rotatable bonds is 4. The van der Waals surface area contributed by atoms with Gasteiger partial charge in [0.2, 0.25) is 0 Å². The zero-order chi connectivity index (χ0) is 21.2. The van der Waals surface area contributed by atoms with E-state index in [1.165, 1.54) is 6.07 Å². The van der Waals surface area contributed by atoms with Crippen LogP contribution in [0.1, 0.15) is 15.9 Å². The lowest BCUT2D eigenvalue weighted by atomic mass is 10.1. The van der Waals surface area contributed by atoms with E-state index in [2.05, 4.69) is 10.2 Å². The van der Waals surface area contributed by atoms with E-state index in [9.17, 15) is 28.1 Å². The number of carbonyl (C=O) groups excluding carboxylic acids is 1. The first-order valence-electron chi connectivity index (χ1n) is 8.86. The van der Waals surface area contributed by atoms with Crippen molar-refractivity contribution in [3.05, 3.63) is 63.7 Å². The molecule has 1 fully saturated rings. The van der Waals surface area contributed by atoms with Crippen LogP contribution in [0.4, 0.5) is 30.2 Å². The molecule has 0 bridgehead atoms. The molecule has 1 heterocycles. The number of hydrogen-bond acceptors (Lipinski definition) is 5. The van der Waals surface area contributed by atoms with Crippen LogP contribution in [0.5, 0.6) is 0 Å². The first-order valence-corrected chi connectivity index (χ1v) is 8.86. The third-order valence-electron chi connectivity index (χ3n) is 4.76. The second-order valence-corrected chi connectivity index (χ2v) is 6.75. The number of hydrogen-bond donors (Lipinski definition) is 1. The molecule has 0 spiro atoms. The van der Waals surface area contributed by atoms with Crippen LogP contribution in [-0.2, 0) is 6.18 Å². The minimum atomic E-state index is -4.49. The Bertz CT molecular complexity index is 908. The van der Waals surface area contributed by atoms with E-state index in [1.54, 1.807) is 12.1 Å². The highest BCUT2D eigenvalue weighted by molar-refractivity contribution is 6.08. The summed E-state index contributed by atoms with van der Waals surface area (Å²) in [5, 5.41) is 14.2. The maximum absolute atomic E-state index is 12.7. The van der Waals surface area contributed by atoms with Gasteiger partial charge in [0.05, 0.1) is 10.5 Å². The fourth-order valence-electron chi connectivity index (χ4n) is 3.15. The number of nitrogens with one attached hydrogen (secondary N) is 1. The van der Waals surface area contributed by atoms with E-state index in [4.69, 9.17) is 0 Å². The summed E-state index contributed by atoms with van der Waals surface area (Å²) in [6, 6.07) is 8.38. The Labute approximate surface area is 164 Å². The van der Waals surface area contributed by atoms with Gasteiger partial charge in [0.1, 0.15) is 11.3 Å². The molecule has 10 heteroatoms. The summed E-state index contributed by atoms with van der Waals surface area (Å²) >= 11 is 0. The van der Waals surface area contributed by atoms with Gasteiger partial charge < -0.3 is 15.1 Å². The molecule has 0 radical (unpaired) electrons. The molecule has 2 aromatic carbocycles. The second-order valence-electron chi connectivity index (χ2n) is 6.75. The predicted molar refractivity (Wildman–Crippen MR) is 102 cm³/mol. The summed E-state index contributed by atoms with van der Waals surface area (Å²) in [4.78, 5) is 27.7. The quantitative estimate of drug-likeness (QED) is 0.618. The molecule has 0 aliphatic carbocycles. The number of anilines is 2. The Hall–Kier alpha value is -3.14. The van der Waals surface area contributed by atoms with Crippen LogP contribution in [0.15, 0.2) is 42.5 Å². The van der Waals surface area contributed by atoms with E-state index in [0.717, 1.165) is 37.4 Å². The summed E-state index contributed by atoms with van der Waals surface area (Å²) in [5.41, 5.74) is -0.850. The van der Waals surface area contributed by atoms with Gasteiger partial charge in [-0.1, -0.05) is 6.07 Å². The Morgan fingerprint density at radius 2 is 1.69 bits per heavy atom. The smallest absolute Gasteiger partial charge is 0.363 e. The van der Waals surface area contributed by atoms with Gasteiger partial charge in [-0.05, 0) is 43.4 Å². The van der Waals surface area contributed by atoms with E-state index < -0.39 is 22.6 Å². The second kappa shape index (κ2) is 8.08. The first-order chi connectivity index (χ1) is 13.7. The summed E-state index contributed by atoms with van der Waals surface area (Å²) < 4.78 is 38.0. The Balaban J connectivity index is 1.87. The van der Waals surface area contributed by atoms with Crippen molar-refractivity contribution in [1.82, 2.24) is 4.90 Å². The molecule has 1 amide bonds. The van der Waals surface area contributed by atoms with Crippen LogP contribution in [0, 0.1) is 10.1 Å². The number of nitro groups is 1. The number of likely N-dealkylation sites (N-methyl/N-ethyl adjacent to an activating group) is 1. The van der Waals surface area contributed by atoms with Crippen molar-refractivity contribution in [2.75, 3.05) is 43.4 Å². The van der Waals surface area contributed by atoms with Crippen LogP contribution in [0.3, 0.4) is 0 Å². The van der Waals surface area contributed by atoms with E-state index in [1.807, 2.05) is 11.9 Å². The van der Waals surface area contributed by atoms with Gasteiger partial charge in [0.15, 0.2) is 0 Å². The molecule has 154 valence electrons. The lowest BCUT2D eigenvalue weighted by Gasteiger charge is -2.33. The number of amides is 1. The monoisotopic (exact) mass is 408 g/mol. The molecule has 2 aromatic rings. The summed E-state index contributed by atoms with van der Waals surface area (Å²) in [5.74, 6) is -0.757. The lowest BCUT2D eigenvalue weighted by molar-refractivity contribution is -0.384. The van der Waals surface area contributed by atoms with Crippen molar-refractivity contribution in [2.24, 2.45) is 0 Å². The van der Waals surface area contributed by atoms with Crippen molar-refractivity contribution in [1.29, 1.82) is 0 Å². The van der Waals surface area contributed by atoms with Crippen molar-refractivity contribution < 1.29 is 22.9 Å². The summed E-state index contributed by atoms with van der Waals surface area (Å²) in [6.45, 7) is 2.64. The largest absolute Gasteiger partial charge is 0.416 e. The van der Waals surface area contributed by atoms with Crippen molar-refractivity contribution in [3.8, 4) is 0 Å². The molecule has 0 aromatic heterocycles. The average molecular weight is 408 g/mol. The van der Waals surface area contributed by atoms with E-state index in [0.29, 0.717) is 18.8 Å². The molecule has 1 aliphatic heterocycles. The highest BCUT2D eigenvalue weighted by Gasteiger charge is 2.31. The topological polar surface area (TPSA) is 78.7 Å². The fourth-order valence-corrected chi connectivity index (χ4v) is 3.15. The fraction of sp³-hybridized carbons (Fsp3) is 0.316. The molecule has 7 nitrogen and oxygen atoms in total. The zero-order valence-corrected chi connectivity index (χ0v) is 15.6. The zero-order valence-electron chi connectivity index (χ0n) is 15.6. The Morgan fingerprint density at radius 3 is 2.24 bits per heavy atom. The Morgan fingerprint density at radius 1 is 1.07 bits per heavy atom. The molecule has 29 heavy (non-hydrogen) atoms. The summed E-state index contributed by atoms with van der Waals surface area (Å²) in [7, 11) is 1.96. The van der Waals surface area contributed by atoms with Gasteiger partial charge in [0, 0.05) is 31.9 Å². The Kier molecular flexibility index (Phi) is 5.73. The number of nitrogens with zero attached hydrogens (tertiary/aromatic N) is 3. The summed E-state index contributed by atoms with van der Waals surface area (Å²) in [6.07, 6.45) is -4.49. The SMILES string of the molecule is CN1CCN(c2cccc(C(=O)Nc3ccc(C(F)(F)F)cc3)c2[N+](=O)[O-])CC1. The van der Waals surface area contributed by atoms with E-state index >= 15 is 0 Å².